The fraction of sp³-hybridized carbons (Fsp3) is 0.296. The second kappa shape index (κ2) is 11.1. The first-order valence-corrected chi connectivity index (χ1v) is 14.8. The molecular weight excluding hydrogens is 553 g/mol. The van der Waals surface area contributed by atoms with E-state index in [0.717, 1.165) is 11.6 Å². The van der Waals surface area contributed by atoms with Crippen molar-refractivity contribution in [1.82, 2.24) is 9.62 Å². The molecule has 0 bridgehead atoms. The third kappa shape index (κ3) is 7.06. The molecule has 0 heterocycles. The summed E-state index contributed by atoms with van der Waals surface area (Å²) < 4.78 is 94.9. The molecule has 0 saturated carbocycles. The lowest BCUT2D eigenvalue weighted by atomic mass is 9.86. The molecule has 0 spiro atoms. The van der Waals surface area contributed by atoms with Crippen molar-refractivity contribution >= 4 is 25.8 Å². The summed E-state index contributed by atoms with van der Waals surface area (Å²) in [6, 6.07) is 15.5. The standard InChI is InChI=1S/C27H29F3N2O5S2/c1-26(2,3)20-12-10-19(11-13-20)25(33)32(4)17-16-31-39(36,37)24-18-22(14-15-23(24)27(28,29)30)38(34,35)21-8-6-5-7-9-21/h5-15,18,31H,16-17H2,1-4H3. The monoisotopic (exact) mass is 582 g/mol. The first kappa shape index (κ1) is 30.3. The number of alkyl halides is 3. The van der Waals surface area contributed by atoms with Crippen molar-refractivity contribution in [1.29, 1.82) is 0 Å². The lowest BCUT2D eigenvalue weighted by Gasteiger charge is -2.21. The van der Waals surface area contributed by atoms with Gasteiger partial charge in [0.05, 0.1) is 20.2 Å². The van der Waals surface area contributed by atoms with Crippen molar-refractivity contribution in [3.05, 3.63) is 89.5 Å². The number of rotatable bonds is 8. The SMILES string of the molecule is CN(CCNS(=O)(=O)c1cc(S(=O)(=O)c2ccccc2)ccc1C(F)(F)F)C(=O)c1ccc(C(C)(C)C)cc1. The van der Waals surface area contributed by atoms with Gasteiger partial charge in [-0.25, -0.2) is 21.6 Å². The molecule has 39 heavy (non-hydrogen) atoms. The van der Waals surface area contributed by atoms with Crippen molar-refractivity contribution in [2.45, 2.75) is 47.0 Å². The van der Waals surface area contributed by atoms with Crippen LogP contribution < -0.4 is 4.72 Å². The van der Waals surface area contributed by atoms with Crippen LogP contribution in [0.15, 0.2) is 87.5 Å². The minimum absolute atomic E-state index is 0.112. The fourth-order valence-electron chi connectivity index (χ4n) is 3.72. The number of carbonyl (C=O) groups excluding carboxylic acids is 1. The van der Waals surface area contributed by atoms with E-state index in [4.69, 9.17) is 0 Å². The van der Waals surface area contributed by atoms with Crippen LogP contribution in [0.25, 0.3) is 0 Å². The normalized spacial score (nSPS) is 12.8. The summed E-state index contributed by atoms with van der Waals surface area (Å²) in [4.78, 5) is 11.9. The molecule has 0 aliphatic carbocycles. The highest BCUT2D eigenvalue weighted by Crippen LogP contribution is 2.36. The Morgan fingerprint density at radius 3 is 1.97 bits per heavy atom. The molecule has 3 aromatic carbocycles. The molecule has 0 aliphatic rings. The Kier molecular flexibility index (Phi) is 8.63. The van der Waals surface area contributed by atoms with Crippen molar-refractivity contribution in [2.24, 2.45) is 0 Å². The van der Waals surface area contributed by atoms with Gasteiger partial charge in [0, 0.05) is 25.7 Å². The highest BCUT2D eigenvalue weighted by atomic mass is 32.2. The quantitative estimate of drug-likeness (QED) is 0.408. The zero-order chi connectivity index (χ0) is 29.2. The summed E-state index contributed by atoms with van der Waals surface area (Å²) >= 11 is 0. The Morgan fingerprint density at radius 2 is 1.44 bits per heavy atom. The van der Waals surface area contributed by atoms with Crippen LogP contribution in [-0.4, -0.2) is 47.8 Å². The minimum Gasteiger partial charge on any atom is -0.340 e. The van der Waals surface area contributed by atoms with Crippen molar-refractivity contribution in [3.8, 4) is 0 Å². The van der Waals surface area contributed by atoms with E-state index in [9.17, 15) is 34.8 Å². The summed E-state index contributed by atoms with van der Waals surface area (Å²) in [5, 5.41) is 0. The number of sulfonamides is 1. The number of hydrogen-bond donors (Lipinski definition) is 1. The van der Waals surface area contributed by atoms with Gasteiger partial charge in [0.2, 0.25) is 19.9 Å². The molecule has 3 rings (SSSR count). The van der Waals surface area contributed by atoms with Crippen molar-refractivity contribution < 1.29 is 34.8 Å². The van der Waals surface area contributed by atoms with E-state index in [-0.39, 0.29) is 16.9 Å². The van der Waals surface area contributed by atoms with E-state index in [0.29, 0.717) is 17.7 Å². The summed E-state index contributed by atoms with van der Waals surface area (Å²) in [6.07, 6.45) is -5.06. The molecule has 0 atom stereocenters. The van der Waals surface area contributed by atoms with Crippen LogP contribution in [0, 0.1) is 0 Å². The zero-order valence-electron chi connectivity index (χ0n) is 21.8. The van der Waals surface area contributed by atoms with Gasteiger partial charge in [0.25, 0.3) is 5.91 Å². The van der Waals surface area contributed by atoms with Gasteiger partial charge in [-0.05, 0) is 53.4 Å². The van der Waals surface area contributed by atoms with E-state index >= 15 is 0 Å². The summed E-state index contributed by atoms with van der Waals surface area (Å²) in [7, 11) is -7.67. The molecule has 0 saturated heterocycles. The van der Waals surface area contributed by atoms with Crippen LogP contribution in [0.2, 0.25) is 0 Å². The van der Waals surface area contributed by atoms with Gasteiger partial charge in [-0.3, -0.25) is 4.79 Å². The van der Waals surface area contributed by atoms with Gasteiger partial charge in [-0.15, -0.1) is 0 Å². The maximum absolute atomic E-state index is 13.7. The van der Waals surface area contributed by atoms with Gasteiger partial charge in [-0.1, -0.05) is 51.1 Å². The Labute approximate surface area is 226 Å². The van der Waals surface area contributed by atoms with E-state index in [1.807, 2.05) is 32.9 Å². The molecule has 3 aromatic rings. The number of sulfone groups is 1. The van der Waals surface area contributed by atoms with E-state index < -0.39 is 53.8 Å². The highest BCUT2D eigenvalue weighted by molar-refractivity contribution is 7.91. The van der Waals surface area contributed by atoms with Crippen LogP contribution in [0.4, 0.5) is 13.2 Å². The van der Waals surface area contributed by atoms with Crippen LogP contribution in [-0.2, 0) is 31.5 Å². The second-order valence-electron chi connectivity index (χ2n) is 9.92. The summed E-state index contributed by atoms with van der Waals surface area (Å²) in [6.45, 7) is 5.52. The number of halogens is 3. The van der Waals surface area contributed by atoms with Crippen LogP contribution in [0.1, 0.15) is 42.3 Å². The number of likely N-dealkylation sites (N-methyl/N-ethyl adjacent to an activating group) is 1. The lowest BCUT2D eigenvalue weighted by molar-refractivity contribution is -0.139. The van der Waals surface area contributed by atoms with E-state index in [2.05, 4.69) is 4.72 Å². The van der Waals surface area contributed by atoms with Crippen LogP contribution in [0.3, 0.4) is 0 Å². The Hall–Kier alpha value is -3.22. The Balaban J connectivity index is 1.82. The molecule has 0 aliphatic heterocycles. The predicted octanol–water partition coefficient (Wildman–Crippen LogP) is 4.89. The first-order chi connectivity index (χ1) is 17.9. The largest absolute Gasteiger partial charge is 0.417 e. The maximum Gasteiger partial charge on any atom is 0.417 e. The molecule has 0 unspecified atom stereocenters. The molecule has 7 nitrogen and oxygen atoms in total. The average molecular weight is 583 g/mol. The van der Waals surface area contributed by atoms with E-state index in [1.165, 1.54) is 36.2 Å². The first-order valence-electron chi connectivity index (χ1n) is 11.8. The molecule has 0 fully saturated rings. The number of amides is 1. The molecular formula is C27H29F3N2O5S2. The molecule has 1 N–H and O–H groups in total. The summed E-state index contributed by atoms with van der Waals surface area (Å²) in [5.74, 6) is -0.401. The average Bonchev–Trinajstić information content (AvgIpc) is 2.87. The fourth-order valence-corrected chi connectivity index (χ4v) is 6.38. The maximum atomic E-state index is 13.7. The topological polar surface area (TPSA) is 101 Å². The number of nitrogens with zero attached hydrogens (tertiary/aromatic N) is 1. The van der Waals surface area contributed by atoms with Gasteiger partial charge in [0.1, 0.15) is 0 Å². The third-order valence-corrected chi connectivity index (χ3v) is 9.26. The van der Waals surface area contributed by atoms with Crippen LogP contribution >= 0.6 is 0 Å². The molecule has 0 radical (unpaired) electrons. The lowest BCUT2D eigenvalue weighted by Crippen LogP contribution is -2.36. The molecule has 12 heteroatoms. The zero-order valence-corrected chi connectivity index (χ0v) is 23.4. The van der Waals surface area contributed by atoms with Crippen LogP contribution in [0.5, 0.6) is 0 Å². The van der Waals surface area contributed by atoms with Gasteiger partial charge < -0.3 is 4.90 Å². The van der Waals surface area contributed by atoms with Crippen molar-refractivity contribution in [2.75, 3.05) is 20.1 Å². The van der Waals surface area contributed by atoms with Gasteiger partial charge in [-0.2, -0.15) is 13.2 Å². The smallest absolute Gasteiger partial charge is 0.340 e. The highest BCUT2D eigenvalue weighted by Gasteiger charge is 2.38. The predicted molar refractivity (Wildman–Crippen MR) is 141 cm³/mol. The number of nitrogens with one attached hydrogen (secondary N) is 1. The molecule has 210 valence electrons. The Bertz CT molecular complexity index is 1550. The number of hydrogen-bond acceptors (Lipinski definition) is 5. The number of benzene rings is 3. The van der Waals surface area contributed by atoms with Gasteiger partial charge >= 0.3 is 6.18 Å². The van der Waals surface area contributed by atoms with Gasteiger partial charge in [0.15, 0.2) is 0 Å². The number of carbonyl (C=O) groups is 1. The van der Waals surface area contributed by atoms with Crippen molar-refractivity contribution in [3.63, 3.8) is 0 Å². The summed E-state index contributed by atoms with van der Waals surface area (Å²) in [5.41, 5.74) is -0.234. The Morgan fingerprint density at radius 1 is 0.846 bits per heavy atom. The second-order valence-corrected chi connectivity index (χ2v) is 13.6. The third-order valence-electron chi connectivity index (χ3n) is 6.00. The molecule has 1 amide bonds. The minimum atomic E-state index is -5.06. The molecule has 0 aromatic heterocycles. The van der Waals surface area contributed by atoms with E-state index in [1.54, 1.807) is 18.2 Å².